The molecule has 1 aromatic heterocycles. The molecule has 0 atom stereocenters. The van der Waals surface area contributed by atoms with Gasteiger partial charge in [-0.25, -0.2) is 9.97 Å². The molecule has 0 aliphatic carbocycles. The zero-order valence-electron chi connectivity index (χ0n) is 15.8. The largest absolute Gasteiger partial charge is 0.338 e. The van der Waals surface area contributed by atoms with Crippen LogP contribution in [0.3, 0.4) is 0 Å². The van der Waals surface area contributed by atoms with Crippen LogP contribution >= 0.6 is 0 Å². The summed E-state index contributed by atoms with van der Waals surface area (Å²) < 4.78 is 0. The fraction of sp³-hybridized carbons (Fsp3) is 0.450. The maximum Gasteiger partial charge on any atom is 0.225 e. The molecule has 1 amide bonds. The lowest BCUT2D eigenvalue weighted by Gasteiger charge is -2.34. The summed E-state index contributed by atoms with van der Waals surface area (Å²) in [6.45, 7) is 10.6. The Morgan fingerprint density at radius 1 is 1.04 bits per heavy atom. The molecule has 0 bridgehead atoms. The molecule has 6 heteroatoms. The summed E-state index contributed by atoms with van der Waals surface area (Å²) in [5, 5.41) is 3.08. The van der Waals surface area contributed by atoms with Crippen molar-refractivity contribution in [2.45, 2.75) is 27.2 Å². The Labute approximate surface area is 155 Å². The number of aryl methyl sites for hydroxylation is 3. The first kappa shape index (κ1) is 18.3. The second-order valence-electron chi connectivity index (χ2n) is 6.95. The fourth-order valence-corrected chi connectivity index (χ4v) is 3.46. The van der Waals surface area contributed by atoms with Crippen molar-refractivity contribution in [3.63, 3.8) is 0 Å². The Bertz CT molecular complexity index is 731. The average Bonchev–Trinajstić information content (AvgIpc) is 2.64. The zero-order chi connectivity index (χ0) is 18.5. The molecule has 2 heterocycles. The van der Waals surface area contributed by atoms with Crippen LogP contribution in [0.25, 0.3) is 0 Å². The van der Waals surface area contributed by atoms with Gasteiger partial charge in [-0.1, -0.05) is 17.7 Å². The molecule has 0 radical (unpaired) electrons. The first-order valence-electron chi connectivity index (χ1n) is 9.15. The standard InChI is InChI=1S/C20H27N5O/c1-15-13-16(2)19(17(3)14-15)23-18(26)5-8-24-9-11-25(12-10-24)20-21-6-4-7-22-20/h4,6-7,13-14H,5,8-12H2,1-3H3,(H,23,26). The van der Waals surface area contributed by atoms with E-state index in [0.717, 1.165) is 55.5 Å². The quantitative estimate of drug-likeness (QED) is 0.895. The lowest BCUT2D eigenvalue weighted by Crippen LogP contribution is -2.47. The van der Waals surface area contributed by atoms with Gasteiger partial charge in [-0.05, 0) is 38.0 Å². The van der Waals surface area contributed by atoms with Crippen LogP contribution in [-0.2, 0) is 4.79 Å². The molecule has 6 nitrogen and oxygen atoms in total. The molecule has 26 heavy (non-hydrogen) atoms. The number of carbonyl (C=O) groups excluding carboxylic acids is 1. The number of hydrogen-bond donors (Lipinski definition) is 1. The number of hydrogen-bond acceptors (Lipinski definition) is 5. The van der Waals surface area contributed by atoms with Gasteiger partial charge in [0.25, 0.3) is 0 Å². The maximum atomic E-state index is 12.4. The van der Waals surface area contributed by atoms with E-state index in [1.165, 1.54) is 5.56 Å². The van der Waals surface area contributed by atoms with Gasteiger partial charge in [0.15, 0.2) is 0 Å². The van der Waals surface area contributed by atoms with E-state index in [4.69, 9.17) is 0 Å². The van der Waals surface area contributed by atoms with Crippen LogP contribution in [0.2, 0.25) is 0 Å². The summed E-state index contributed by atoms with van der Waals surface area (Å²) >= 11 is 0. The molecule has 1 N–H and O–H groups in total. The maximum absolute atomic E-state index is 12.4. The average molecular weight is 353 g/mol. The molecular formula is C20H27N5O. The smallest absolute Gasteiger partial charge is 0.225 e. The number of anilines is 2. The van der Waals surface area contributed by atoms with E-state index < -0.39 is 0 Å². The first-order valence-corrected chi connectivity index (χ1v) is 9.15. The lowest BCUT2D eigenvalue weighted by atomic mass is 10.0. The van der Waals surface area contributed by atoms with Gasteiger partial charge < -0.3 is 10.2 Å². The summed E-state index contributed by atoms with van der Waals surface area (Å²) in [7, 11) is 0. The summed E-state index contributed by atoms with van der Waals surface area (Å²) in [4.78, 5) is 25.5. The van der Waals surface area contributed by atoms with E-state index in [0.29, 0.717) is 6.42 Å². The predicted octanol–water partition coefficient (Wildman–Crippen LogP) is 2.55. The van der Waals surface area contributed by atoms with Crippen molar-refractivity contribution in [1.82, 2.24) is 14.9 Å². The topological polar surface area (TPSA) is 61.4 Å². The van der Waals surface area contributed by atoms with E-state index in [-0.39, 0.29) is 5.91 Å². The fourth-order valence-electron chi connectivity index (χ4n) is 3.46. The number of aromatic nitrogens is 2. The highest BCUT2D eigenvalue weighted by molar-refractivity contribution is 5.92. The number of piperazine rings is 1. The summed E-state index contributed by atoms with van der Waals surface area (Å²) in [5.41, 5.74) is 4.41. The Balaban J connectivity index is 1.46. The van der Waals surface area contributed by atoms with Crippen LogP contribution in [0.1, 0.15) is 23.1 Å². The van der Waals surface area contributed by atoms with Gasteiger partial charge in [0.05, 0.1) is 0 Å². The molecular weight excluding hydrogens is 326 g/mol. The minimum absolute atomic E-state index is 0.0777. The van der Waals surface area contributed by atoms with Crippen molar-refractivity contribution >= 4 is 17.5 Å². The first-order chi connectivity index (χ1) is 12.5. The highest BCUT2D eigenvalue weighted by Crippen LogP contribution is 2.22. The Hall–Kier alpha value is -2.47. The molecule has 1 aliphatic rings. The van der Waals surface area contributed by atoms with Crippen LogP contribution in [0, 0.1) is 20.8 Å². The van der Waals surface area contributed by atoms with Gasteiger partial charge in [0.1, 0.15) is 0 Å². The van der Waals surface area contributed by atoms with Gasteiger partial charge in [0, 0.05) is 57.2 Å². The molecule has 0 saturated carbocycles. The van der Waals surface area contributed by atoms with Crippen LogP contribution in [0.15, 0.2) is 30.6 Å². The van der Waals surface area contributed by atoms with Crippen molar-refractivity contribution < 1.29 is 4.79 Å². The lowest BCUT2D eigenvalue weighted by molar-refractivity contribution is -0.116. The Morgan fingerprint density at radius 2 is 1.65 bits per heavy atom. The van der Waals surface area contributed by atoms with Gasteiger partial charge in [0.2, 0.25) is 11.9 Å². The van der Waals surface area contributed by atoms with Crippen molar-refractivity contribution in [3.8, 4) is 0 Å². The van der Waals surface area contributed by atoms with Crippen molar-refractivity contribution in [2.75, 3.05) is 42.9 Å². The second kappa shape index (κ2) is 8.27. The molecule has 1 aromatic carbocycles. The van der Waals surface area contributed by atoms with E-state index in [1.807, 2.05) is 19.9 Å². The molecule has 138 valence electrons. The number of nitrogens with zero attached hydrogens (tertiary/aromatic N) is 4. The predicted molar refractivity (Wildman–Crippen MR) is 105 cm³/mol. The molecule has 0 unspecified atom stereocenters. The normalized spacial score (nSPS) is 15.1. The molecule has 0 spiro atoms. The van der Waals surface area contributed by atoms with Crippen molar-refractivity contribution in [1.29, 1.82) is 0 Å². The van der Waals surface area contributed by atoms with Crippen LogP contribution in [0.5, 0.6) is 0 Å². The number of benzene rings is 1. The van der Waals surface area contributed by atoms with E-state index in [2.05, 4.69) is 44.1 Å². The van der Waals surface area contributed by atoms with Crippen LogP contribution < -0.4 is 10.2 Å². The molecule has 1 fully saturated rings. The third kappa shape index (κ3) is 4.58. The minimum Gasteiger partial charge on any atom is -0.338 e. The van der Waals surface area contributed by atoms with Crippen molar-refractivity contribution in [3.05, 3.63) is 47.3 Å². The SMILES string of the molecule is Cc1cc(C)c(NC(=O)CCN2CCN(c3ncccn3)CC2)c(C)c1. The summed E-state index contributed by atoms with van der Waals surface area (Å²) in [6.07, 6.45) is 4.05. The van der Waals surface area contributed by atoms with Gasteiger partial charge in [-0.15, -0.1) is 0 Å². The van der Waals surface area contributed by atoms with Gasteiger partial charge >= 0.3 is 0 Å². The summed E-state index contributed by atoms with van der Waals surface area (Å²) in [6, 6.07) is 6.04. The molecule has 2 aromatic rings. The van der Waals surface area contributed by atoms with Gasteiger partial charge in [-0.2, -0.15) is 0 Å². The number of nitrogens with one attached hydrogen (secondary N) is 1. The number of amides is 1. The third-order valence-corrected chi connectivity index (χ3v) is 4.80. The van der Waals surface area contributed by atoms with E-state index in [1.54, 1.807) is 12.4 Å². The molecule has 1 saturated heterocycles. The Kier molecular flexibility index (Phi) is 5.83. The minimum atomic E-state index is 0.0777. The second-order valence-corrected chi connectivity index (χ2v) is 6.95. The molecule has 1 aliphatic heterocycles. The highest BCUT2D eigenvalue weighted by atomic mass is 16.1. The Morgan fingerprint density at radius 3 is 2.27 bits per heavy atom. The molecule has 3 rings (SSSR count). The van der Waals surface area contributed by atoms with E-state index >= 15 is 0 Å². The highest BCUT2D eigenvalue weighted by Gasteiger charge is 2.19. The number of rotatable bonds is 5. The van der Waals surface area contributed by atoms with Crippen LogP contribution in [-0.4, -0.2) is 53.5 Å². The van der Waals surface area contributed by atoms with Gasteiger partial charge in [-0.3, -0.25) is 9.69 Å². The number of carbonyl (C=O) groups is 1. The zero-order valence-corrected chi connectivity index (χ0v) is 15.8. The monoisotopic (exact) mass is 353 g/mol. The van der Waals surface area contributed by atoms with Crippen LogP contribution in [0.4, 0.5) is 11.6 Å². The summed E-state index contributed by atoms with van der Waals surface area (Å²) in [5.74, 6) is 0.865. The van der Waals surface area contributed by atoms with Crippen molar-refractivity contribution in [2.24, 2.45) is 0 Å². The third-order valence-electron chi connectivity index (χ3n) is 4.80. The van der Waals surface area contributed by atoms with E-state index in [9.17, 15) is 4.79 Å².